The molecule has 170 valence electrons. The van der Waals surface area contributed by atoms with Crippen molar-refractivity contribution in [1.29, 1.82) is 0 Å². The van der Waals surface area contributed by atoms with Gasteiger partial charge in [-0.3, -0.25) is 4.79 Å². The molecule has 0 bridgehead atoms. The topological polar surface area (TPSA) is 80.1 Å². The van der Waals surface area contributed by atoms with E-state index in [-0.39, 0.29) is 37.0 Å². The molecule has 8 heteroatoms. The van der Waals surface area contributed by atoms with Gasteiger partial charge in [-0.25, -0.2) is 8.42 Å². The molecule has 1 heterocycles. The number of rotatable bonds is 11. The molecule has 32 heavy (non-hydrogen) atoms. The van der Waals surface area contributed by atoms with E-state index in [2.05, 4.69) is 0 Å². The number of aryl methyl sites for hydroxylation is 1. The Morgan fingerprint density at radius 2 is 1.69 bits per heavy atom. The third kappa shape index (κ3) is 6.29. The molecule has 3 aromatic rings. The average molecular weight is 457 g/mol. The van der Waals surface area contributed by atoms with Crippen molar-refractivity contribution in [2.45, 2.75) is 24.9 Å². The fraction of sp³-hybridized carbons (Fsp3) is 0.292. The number of hydrogen-bond acceptors (Lipinski definition) is 5. The second-order valence-corrected chi connectivity index (χ2v) is 9.40. The summed E-state index contributed by atoms with van der Waals surface area (Å²) in [6, 6.07) is 19.7. The lowest BCUT2D eigenvalue weighted by atomic mass is 10.2. The molecule has 1 amide bonds. The van der Waals surface area contributed by atoms with Crippen molar-refractivity contribution in [3.8, 4) is 0 Å². The van der Waals surface area contributed by atoms with E-state index in [4.69, 9.17) is 9.15 Å². The molecule has 3 rings (SSSR count). The molecule has 1 aromatic heterocycles. The van der Waals surface area contributed by atoms with Crippen LogP contribution in [0.15, 0.2) is 82.3 Å². The number of carbonyl (C=O) groups excluding carboxylic acids is 1. The van der Waals surface area contributed by atoms with Gasteiger partial charge in [-0.2, -0.15) is 4.31 Å². The maximum absolute atomic E-state index is 13.3. The number of amides is 1. The van der Waals surface area contributed by atoms with E-state index in [0.29, 0.717) is 12.3 Å². The van der Waals surface area contributed by atoms with Gasteiger partial charge in [-0.15, -0.1) is 0 Å². The van der Waals surface area contributed by atoms with E-state index in [0.717, 1.165) is 11.1 Å². The molecule has 2 aromatic carbocycles. The van der Waals surface area contributed by atoms with Crippen LogP contribution in [-0.4, -0.2) is 50.3 Å². The van der Waals surface area contributed by atoms with Gasteiger partial charge in [0.25, 0.3) is 0 Å². The zero-order chi connectivity index (χ0) is 23.0. The number of sulfonamides is 1. The summed E-state index contributed by atoms with van der Waals surface area (Å²) in [5, 5.41) is 0. The summed E-state index contributed by atoms with van der Waals surface area (Å²) in [6.07, 6.45) is 1.55. The van der Waals surface area contributed by atoms with Crippen molar-refractivity contribution in [2.24, 2.45) is 0 Å². The first kappa shape index (κ1) is 23.7. The number of ether oxygens (including phenoxy) is 1. The summed E-state index contributed by atoms with van der Waals surface area (Å²) in [5.74, 6) is 0.302. The highest BCUT2D eigenvalue weighted by Crippen LogP contribution is 2.18. The van der Waals surface area contributed by atoms with E-state index in [1.54, 1.807) is 47.6 Å². The Hall–Kier alpha value is -2.94. The number of methoxy groups -OCH3 is 1. The van der Waals surface area contributed by atoms with E-state index >= 15 is 0 Å². The van der Waals surface area contributed by atoms with Gasteiger partial charge in [-0.05, 0) is 36.8 Å². The zero-order valence-corrected chi connectivity index (χ0v) is 19.1. The normalized spacial score (nSPS) is 11.6. The van der Waals surface area contributed by atoms with Crippen LogP contribution < -0.4 is 0 Å². The highest BCUT2D eigenvalue weighted by molar-refractivity contribution is 7.89. The summed E-state index contributed by atoms with van der Waals surface area (Å²) in [5.41, 5.74) is 1.90. The Kier molecular flexibility index (Phi) is 8.21. The second-order valence-electron chi connectivity index (χ2n) is 7.46. The molecule has 7 nitrogen and oxygen atoms in total. The average Bonchev–Trinajstić information content (AvgIpc) is 3.30. The summed E-state index contributed by atoms with van der Waals surface area (Å²) in [6.45, 7) is 2.41. The Balaban J connectivity index is 1.84. The van der Waals surface area contributed by atoms with Crippen molar-refractivity contribution < 1.29 is 22.4 Å². The number of hydrogen-bond donors (Lipinski definition) is 0. The fourth-order valence-electron chi connectivity index (χ4n) is 3.21. The molecular weight excluding hydrogens is 428 g/mol. The predicted octanol–water partition coefficient (Wildman–Crippen LogP) is 3.45. The van der Waals surface area contributed by atoms with Crippen LogP contribution >= 0.6 is 0 Å². The lowest BCUT2D eigenvalue weighted by Crippen LogP contribution is -2.43. The summed E-state index contributed by atoms with van der Waals surface area (Å²) in [7, 11) is -2.37. The van der Waals surface area contributed by atoms with Crippen LogP contribution in [-0.2, 0) is 32.6 Å². The fourth-order valence-corrected chi connectivity index (χ4v) is 4.59. The van der Waals surface area contributed by atoms with Gasteiger partial charge in [0.2, 0.25) is 15.9 Å². The number of furan rings is 1. The molecule has 0 unspecified atom stereocenters. The van der Waals surface area contributed by atoms with Crippen LogP contribution in [0.4, 0.5) is 0 Å². The monoisotopic (exact) mass is 456 g/mol. The molecule has 0 fully saturated rings. The highest BCUT2D eigenvalue weighted by atomic mass is 32.2. The van der Waals surface area contributed by atoms with Gasteiger partial charge in [0, 0.05) is 20.2 Å². The molecule has 0 aliphatic heterocycles. The van der Waals surface area contributed by atoms with Crippen molar-refractivity contribution in [1.82, 2.24) is 9.21 Å². The highest BCUT2D eigenvalue weighted by Gasteiger charge is 2.28. The van der Waals surface area contributed by atoms with Gasteiger partial charge < -0.3 is 14.1 Å². The van der Waals surface area contributed by atoms with Gasteiger partial charge in [0.15, 0.2) is 0 Å². The van der Waals surface area contributed by atoms with Gasteiger partial charge >= 0.3 is 0 Å². The quantitative estimate of drug-likeness (QED) is 0.442. The Bertz CT molecular complexity index is 1080. The maximum atomic E-state index is 13.3. The van der Waals surface area contributed by atoms with Crippen LogP contribution in [0.3, 0.4) is 0 Å². The van der Waals surface area contributed by atoms with Crippen LogP contribution in [0.2, 0.25) is 0 Å². The maximum Gasteiger partial charge on any atom is 0.243 e. The van der Waals surface area contributed by atoms with Gasteiger partial charge in [0.1, 0.15) is 5.76 Å². The first-order valence-electron chi connectivity index (χ1n) is 10.3. The van der Waals surface area contributed by atoms with E-state index in [9.17, 15) is 13.2 Å². The molecule has 0 saturated heterocycles. The van der Waals surface area contributed by atoms with Crippen molar-refractivity contribution >= 4 is 15.9 Å². The molecule has 0 saturated carbocycles. The SMILES string of the molecule is COCCN(CC(=O)N(Cc1ccccc1)Cc1ccco1)S(=O)(=O)c1ccc(C)cc1. The Morgan fingerprint density at radius 3 is 2.31 bits per heavy atom. The standard InChI is InChI=1S/C24H28N2O5S/c1-20-10-12-23(13-11-20)32(28,29)26(14-16-30-2)19-24(27)25(18-22-9-6-15-31-22)17-21-7-4-3-5-8-21/h3-13,15H,14,16-19H2,1-2H3. The third-order valence-corrected chi connectivity index (χ3v) is 6.87. The van der Waals surface area contributed by atoms with Crippen molar-refractivity contribution in [2.75, 3.05) is 26.8 Å². The first-order chi connectivity index (χ1) is 15.4. The van der Waals surface area contributed by atoms with E-state index < -0.39 is 10.0 Å². The number of carbonyl (C=O) groups is 1. The molecule has 0 spiro atoms. The Labute approximate surface area is 189 Å². The third-order valence-electron chi connectivity index (χ3n) is 5.01. The van der Waals surface area contributed by atoms with Crippen LogP contribution in [0, 0.1) is 6.92 Å². The van der Waals surface area contributed by atoms with Crippen LogP contribution in [0.25, 0.3) is 0 Å². The number of nitrogens with zero attached hydrogens (tertiary/aromatic N) is 2. The lowest BCUT2D eigenvalue weighted by Gasteiger charge is -2.27. The number of benzene rings is 2. The summed E-state index contributed by atoms with van der Waals surface area (Å²) >= 11 is 0. The van der Waals surface area contributed by atoms with Gasteiger partial charge in [0.05, 0.1) is 30.9 Å². The molecule has 0 aliphatic carbocycles. The molecule has 0 N–H and O–H groups in total. The Morgan fingerprint density at radius 1 is 0.969 bits per heavy atom. The molecule has 0 atom stereocenters. The lowest BCUT2D eigenvalue weighted by molar-refractivity contribution is -0.133. The summed E-state index contributed by atoms with van der Waals surface area (Å²) in [4.78, 5) is 15.1. The van der Waals surface area contributed by atoms with Crippen molar-refractivity contribution in [3.63, 3.8) is 0 Å². The first-order valence-corrected chi connectivity index (χ1v) is 11.7. The predicted molar refractivity (Wildman–Crippen MR) is 121 cm³/mol. The van der Waals surface area contributed by atoms with E-state index in [1.165, 1.54) is 11.4 Å². The smallest absolute Gasteiger partial charge is 0.243 e. The van der Waals surface area contributed by atoms with Gasteiger partial charge in [-0.1, -0.05) is 48.0 Å². The van der Waals surface area contributed by atoms with Crippen LogP contribution in [0.5, 0.6) is 0 Å². The molecule has 0 radical (unpaired) electrons. The summed E-state index contributed by atoms with van der Waals surface area (Å²) < 4.78 is 38.2. The van der Waals surface area contributed by atoms with E-state index in [1.807, 2.05) is 37.3 Å². The minimum atomic E-state index is -3.87. The largest absolute Gasteiger partial charge is 0.467 e. The molecule has 0 aliphatic rings. The second kappa shape index (κ2) is 11.1. The molecular formula is C24H28N2O5S. The zero-order valence-electron chi connectivity index (χ0n) is 18.3. The van der Waals surface area contributed by atoms with Crippen LogP contribution in [0.1, 0.15) is 16.9 Å². The minimum absolute atomic E-state index is 0.0678. The van der Waals surface area contributed by atoms with Crippen molar-refractivity contribution in [3.05, 3.63) is 89.9 Å². The minimum Gasteiger partial charge on any atom is -0.467 e.